The van der Waals surface area contributed by atoms with E-state index in [1.165, 1.54) is 12.1 Å². The monoisotopic (exact) mass is 401 g/mol. The summed E-state index contributed by atoms with van der Waals surface area (Å²) in [5.41, 5.74) is 0.742. The van der Waals surface area contributed by atoms with E-state index >= 15 is 0 Å². The van der Waals surface area contributed by atoms with Crippen molar-refractivity contribution in [1.29, 1.82) is 0 Å². The number of nitrogens with zero attached hydrogens (tertiary/aromatic N) is 1. The Morgan fingerprint density at radius 2 is 2.29 bits per heavy atom. The topological polar surface area (TPSA) is 65.9 Å². The molecule has 1 atom stereocenters. The molecule has 0 radical (unpaired) electrons. The SMILES string of the molecule is CCNC(=NCc1cc(F)ccc1Br)NCC1(CCO)CCOC1. The van der Waals surface area contributed by atoms with Gasteiger partial charge in [-0.2, -0.15) is 0 Å². The molecule has 1 heterocycles. The fraction of sp³-hybridized carbons (Fsp3) is 0.588. The van der Waals surface area contributed by atoms with E-state index in [-0.39, 0.29) is 17.8 Å². The number of aliphatic hydroxyl groups excluding tert-OH is 1. The van der Waals surface area contributed by atoms with Crippen LogP contribution in [0.3, 0.4) is 0 Å². The van der Waals surface area contributed by atoms with Gasteiger partial charge in [-0.15, -0.1) is 0 Å². The molecule has 24 heavy (non-hydrogen) atoms. The zero-order valence-electron chi connectivity index (χ0n) is 13.9. The second-order valence-corrected chi connectivity index (χ2v) is 6.91. The summed E-state index contributed by atoms with van der Waals surface area (Å²) in [6.07, 6.45) is 1.63. The molecular formula is C17H25BrFN3O2. The first-order valence-electron chi connectivity index (χ1n) is 8.23. The lowest BCUT2D eigenvalue weighted by molar-refractivity contribution is 0.127. The Balaban J connectivity index is 2.01. The van der Waals surface area contributed by atoms with Crippen LogP contribution >= 0.6 is 15.9 Å². The molecule has 1 aromatic carbocycles. The summed E-state index contributed by atoms with van der Waals surface area (Å²) >= 11 is 3.42. The van der Waals surface area contributed by atoms with Gasteiger partial charge in [0.1, 0.15) is 5.82 Å². The highest BCUT2D eigenvalue weighted by atomic mass is 79.9. The van der Waals surface area contributed by atoms with E-state index in [1.807, 2.05) is 6.92 Å². The molecule has 1 saturated heterocycles. The third-order valence-electron chi connectivity index (χ3n) is 4.22. The first-order valence-corrected chi connectivity index (χ1v) is 9.02. The van der Waals surface area contributed by atoms with Crippen molar-refractivity contribution in [3.05, 3.63) is 34.1 Å². The van der Waals surface area contributed by atoms with Crippen LogP contribution < -0.4 is 10.6 Å². The largest absolute Gasteiger partial charge is 0.396 e. The molecule has 1 aromatic rings. The number of benzene rings is 1. The minimum absolute atomic E-state index is 0.0512. The number of aliphatic hydroxyl groups is 1. The summed E-state index contributed by atoms with van der Waals surface area (Å²) in [6.45, 7) is 5.31. The van der Waals surface area contributed by atoms with E-state index in [2.05, 4.69) is 31.6 Å². The molecule has 3 N–H and O–H groups in total. The van der Waals surface area contributed by atoms with Crippen LogP contribution in [-0.4, -0.2) is 44.0 Å². The van der Waals surface area contributed by atoms with Crippen LogP contribution in [0.1, 0.15) is 25.3 Å². The van der Waals surface area contributed by atoms with Crippen molar-refractivity contribution in [2.45, 2.75) is 26.3 Å². The standard InChI is InChI=1S/C17H25BrFN3O2/c1-2-20-16(21-10-13-9-14(19)3-4-15(13)18)22-11-17(5-7-23)6-8-24-12-17/h3-4,9,23H,2,5-8,10-12H2,1H3,(H2,20,21,22). The quantitative estimate of drug-likeness (QED) is 0.484. The van der Waals surface area contributed by atoms with Gasteiger partial charge in [0.25, 0.3) is 0 Å². The van der Waals surface area contributed by atoms with Crippen LogP contribution in [0.5, 0.6) is 0 Å². The number of rotatable bonds is 7. The average molecular weight is 402 g/mol. The summed E-state index contributed by atoms with van der Waals surface area (Å²) in [6, 6.07) is 4.58. The second kappa shape index (κ2) is 9.34. The van der Waals surface area contributed by atoms with Crippen LogP contribution in [-0.2, 0) is 11.3 Å². The van der Waals surface area contributed by atoms with Crippen molar-refractivity contribution >= 4 is 21.9 Å². The Kier molecular flexibility index (Phi) is 7.45. The summed E-state index contributed by atoms with van der Waals surface area (Å²) in [5, 5.41) is 15.8. The third-order valence-corrected chi connectivity index (χ3v) is 4.99. The van der Waals surface area contributed by atoms with Gasteiger partial charge in [0, 0.05) is 36.2 Å². The predicted octanol–water partition coefficient (Wildman–Crippen LogP) is 2.43. The summed E-state index contributed by atoms with van der Waals surface area (Å²) in [5.74, 6) is 0.407. The Bertz CT molecular complexity index is 563. The van der Waals surface area contributed by atoms with Gasteiger partial charge in [-0.1, -0.05) is 15.9 Å². The van der Waals surface area contributed by atoms with Gasteiger partial charge in [0.2, 0.25) is 0 Å². The number of ether oxygens (including phenoxy) is 1. The average Bonchev–Trinajstić information content (AvgIpc) is 3.02. The molecule has 7 heteroatoms. The van der Waals surface area contributed by atoms with Gasteiger partial charge >= 0.3 is 0 Å². The fourth-order valence-electron chi connectivity index (χ4n) is 2.75. The zero-order chi connectivity index (χ0) is 17.4. The van der Waals surface area contributed by atoms with Crippen molar-refractivity contribution in [2.24, 2.45) is 10.4 Å². The molecule has 1 fully saturated rings. The number of guanidine groups is 1. The number of nitrogens with one attached hydrogen (secondary N) is 2. The van der Waals surface area contributed by atoms with Crippen molar-refractivity contribution < 1.29 is 14.2 Å². The van der Waals surface area contributed by atoms with Crippen LogP contribution in [0.2, 0.25) is 0 Å². The van der Waals surface area contributed by atoms with Gasteiger partial charge in [-0.25, -0.2) is 9.38 Å². The van der Waals surface area contributed by atoms with E-state index < -0.39 is 0 Å². The smallest absolute Gasteiger partial charge is 0.191 e. The van der Waals surface area contributed by atoms with Crippen LogP contribution in [0.25, 0.3) is 0 Å². The van der Waals surface area contributed by atoms with E-state index in [1.54, 1.807) is 6.07 Å². The Hall–Kier alpha value is -1.18. The maximum atomic E-state index is 13.4. The fourth-order valence-corrected chi connectivity index (χ4v) is 3.13. The molecule has 5 nitrogen and oxygen atoms in total. The molecule has 0 aromatic heterocycles. The molecule has 1 aliphatic heterocycles. The maximum Gasteiger partial charge on any atom is 0.191 e. The molecule has 0 saturated carbocycles. The normalized spacial score (nSPS) is 21.1. The van der Waals surface area contributed by atoms with Crippen molar-refractivity contribution in [1.82, 2.24) is 10.6 Å². The number of halogens is 2. The predicted molar refractivity (Wildman–Crippen MR) is 96.5 cm³/mol. The second-order valence-electron chi connectivity index (χ2n) is 6.06. The van der Waals surface area contributed by atoms with Gasteiger partial charge < -0.3 is 20.5 Å². The van der Waals surface area contributed by atoms with Crippen molar-refractivity contribution in [2.75, 3.05) is 32.9 Å². The minimum Gasteiger partial charge on any atom is -0.396 e. The van der Waals surface area contributed by atoms with Gasteiger partial charge in [0.15, 0.2) is 5.96 Å². The van der Waals surface area contributed by atoms with Crippen LogP contribution in [0.15, 0.2) is 27.7 Å². The van der Waals surface area contributed by atoms with Crippen molar-refractivity contribution in [3.63, 3.8) is 0 Å². The third kappa shape index (κ3) is 5.43. The van der Waals surface area contributed by atoms with E-state index in [4.69, 9.17) is 4.74 Å². The number of hydrogen-bond donors (Lipinski definition) is 3. The molecule has 2 rings (SSSR count). The van der Waals surface area contributed by atoms with Gasteiger partial charge in [-0.05, 0) is 43.5 Å². The minimum atomic E-state index is -0.272. The van der Waals surface area contributed by atoms with Crippen LogP contribution in [0, 0.1) is 11.2 Å². The summed E-state index contributed by atoms with van der Waals surface area (Å²) in [4.78, 5) is 4.53. The molecule has 134 valence electrons. The van der Waals surface area contributed by atoms with Gasteiger partial charge in [-0.3, -0.25) is 0 Å². The molecular weight excluding hydrogens is 377 g/mol. The molecule has 0 bridgehead atoms. The highest BCUT2D eigenvalue weighted by molar-refractivity contribution is 9.10. The van der Waals surface area contributed by atoms with Gasteiger partial charge in [0.05, 0.1) is 13.2 Å². The lowest BCUT2D eigenvalue weighted by Gasteiger charge is -2.27. The molecule has 1 aliphatic rings. The van der Waals surface area contributed by atoms with E-state index in [0.29, 0.717) is 32.1 Å². The van der Waals surface area contributed by atoms with Crippen LogP contribution in [0.4, 0.5) is 4.39 Å². The first-order chi connectivity index (χ1) is 11.6. The Morgan fingerprint density at radius 3 is 2.96 bits per heavy atom. The molecule has 0 spiro atoms. The molecule has 0 aliphatic carbocycles. The Labute approximate surface area is 150 Å². The Morgan fingerprint density at radius 1 is 1.46 bits per heavy atom. The summed E-state index contributed by atoms with van der Waals surface area (Å²) in [7, 11) is 0. The van der Waals surface area contributed by atoms with E-state index in [0.717, 1.165) is 29.6 Å². The van der Waals surface area contributed by atoms with Crippen molar-refractivity contribution in [3.8, 4) is 0 Å². The summed E-state index contributed by atoms with van der Waals surface area (Å²) < 4.78 is 19.7. The number of hydrogen-bond acceptors (Lipinski definition) is 3. The maximum absolute atomic E-state index is 13.4. The number of aliphatic imine (C=N–C) groups is 1. The highest BCUT2D eigenvalue weighted by Gasteiger charge is 2.34. The first kappa shape index (κ1) is 19.1. The molecule has 1 unspecified atom stereocenters. The zero-order valence-corrected chi connectivity index (χ0v) is 15.5. The lowest BCUT2D eigenvalue weighted by atomic mass is 9.84. The highest BCUT2D eigenvalue weighted by Crippen LogP contribution is 2.31. The molecule has 0 amide bonds. The lowest BCUT2D eigenvalue weighted by Crippen LogP contribution is -2.44. The van der Waals surface area contributed by atoms with E-state index in [9.17, 15) is 9.50 Å².